The summed E-state index contributed by atoms with van der Waals surface area (Å²) in [6.07, 6.45) is 0. The summed E-state index contributed by atoms with van der Waals surface area (Å²) >= 11 is 0. The van der Waals surface area contributed by atoms with Gasteiger partial charge in [-0.05, 0) is 12.1 Å². The average molecular weight is 200 g/mol. The smallest absolute Gasteiger partial charge is 0.341 e. The highest BCUT2D eigenvalue weighted by Crippen LogP contribution is 2.27. The molecule has 0 heterocycles. The molecule has 0 atom stereocenters. The van der Waals surface area contributed by atoms with Crippen LogP contribution >= 0.6 is 0 Å². The number of carboxylic acid groups (broad SMARTS) is 1. The highest BCUT2D eigenvalue weighted by atomic mass is 19.1. The zero-order chi connectivity index (χ0) is 10.6. The summed E-state index contributed by atoms with van der Waals surface area (Å²) in [5, 5.41) is 8.35. The van der Waals surface area contributed by atoms with Gasteiger partial charge in [0, 0.05) is 6.07 Å². The van der Waals surface area contributed by atoms with Crippen LogP contribution in [0.5, 0.6) is 11.5 Å². The fourth-order valence-electron chi connectivity index (χ4n) is 0.903. The van der Waals surface area contributed by atoms with Gasteiger partial charge in [-0.15, -0.1) is 0 Å². The van der Waals surface area contributed by atoms with E-state index in [-0.39, 0.29) is 5.75 Å². The van der Waals surface area contributed by atoms with Gasteiger partial charge >= 0.3 is 5.97 Å². The van der Waals surface area contributed by atoms with Crippen molar-refractivity contribution in [3.05, 3.63) is 24.0 Å². The Balaban J connectivity index is 2.82. The van der Waals surface area contributed by atoms with Crippen molar-refractivity contribution in [1.29, 1.82) is 0 Å². The normalized spacial score (nSPS) is 9.57. The molecule has 5 heteroatoms. The topological polar surface area (TPSA) is 55.8 Å². The minimum atomic E-state index is -1.13. The molecule has 76 valence electrons. The van der Waals surface area contributed by atoms with Crippen molar-refractivity contribution >= 4 is 5.97 Å². The lowest BCUT2D eigenvalue weighted by Crippen LogP contribution is -2.10. The molecule has 1 N–H and O–H groups in total. The van der Waals surface area contributed by atoms with Crippen LogP contribution in [-0.2, 0) is 4.79 Å². The quantitative estimate of drug-likeness (QED) is 0.795. The van der Waals surface area contributed by atoms with Crippen LogP contribution in [0, 0.1) is 5.82 Å². The Morgan fingerprint density at radius 1 is 1.50 bits per heavy atom. The summed E-state index contributed by atoms with van der Waals surface area (Å²) in [5.41, 5.74) is 0. The van der Waals surface area contributed by atoms with Gasteiger partial charge in [0.1, 0.15) is 5.82 Å². The molecule has 0 aliphatic heterocycles. The Kier molecular flexibility index (Phi) is 3.28. The maximum absolute atomic E-state index is 12.7. The van der Waals surface area contributed by atoms with Gasteiger partial charge in [-0.3, -0.25) is 0 Å². The fraction of sp³-hybridized carbons (Fsp3) is 0.222. The fourth-order valence-corrected chi connectivity index (χ4v) is 0.903. The molecule has 0 aromatic heterocycles. The van der Waals surface area contributed by atoms with E-state index in [1.807, 2.05) is 0 Å². The minimum Gasteiger partial charge on any atom is -0.493 e. The van der Waals surface area contributed by atoms with Gasteiger partial charge in [0.05, 0.1) is 7.11 Å². The van der Waals surface area contributed by atoms with Crippen molar-refractivity contribution in [3.8, 4) is 11.5 Å². The first-order valence-corrected chi connectivity index (χ1v) is 3.81. The van der Waals surface area contributed by atoms with Gasteiger partial charge < -0.3 is 14.6 Å². The SMILES string of the molecule is COc1ccc(F)cc1OCC(=O)O. The van der Waals surface area contributed by atoms with Crippen molar-refractivity contribution in [1.82, 2.24) is 0 Å². The minimum absolute atomic E-state index is 0.0786. The molecule has 0 fully saturated rings. The second kappa shape index (κ2) is 4.45. The summed E-state index contributed by atoms with van der Waals surface area (Å²) in [4.78, 5) is 10.2. The zero-order valence-corrected chi connectivity index (χ0v) is 7.49. The highest BCUT2D eigenvalue weighted by Gasteiger charge is 2.07. The lowest BCUT2D eigenvalue weighted by molar-refractivity contribution is -0.139. The number of benzene rings is 1. The van der Waals surface area contributed by atoms with Crippen molar-refractivity contribution in [2.75, 3.05) is 13.7 Å². The number of ether oxygens (including phenoxy) is 2. The lowest BCUT2D eigenvalue weighted by Gasteiger charge is -2.08. The van der Waals surface area contributed by atoms with Crippen LogP contribution in [-0.4, -0.2) is 24.8 Å². The molecule has 1 aromatic rings. The van der Waals surface area contributed by atoms with E-state index in [1.54, 1.807) is 0 Å². The monoisotopic (exact) mass is 200 g/mol. The predicted octanol–water partition coefficient (Wildman–Crippen LogP) is 1.30. The molecule has 0 spiro atoms. The summed E-state index contributed by atoms with van der Waals surface area (Å²) in [7, 11) is 1.39. The van der Waals surface area contributed by atoms with E-state index in [4.69, 9.17) is 14.6 Å². The highest BCUT2D eigenvalue weighted by molar-refractivity contribution is 5.68. The molecule has 14 heavy (non-hydrogen) atoms. The van der Waals surface area contributed by atoms with Gasteiger partial charge in [-0.25, -0.2) is 9.18 Å². The number of methoxy groups -OCH3 is 1. The van der Waals surface area contributed by atoms with E-state index in [0.717, 1.165) is 6.07 Å². The standard InChI is InChI=1S/C9H9FO4/c1-13-7-3-2-6(10)4-8(7)14-5-9(11)12/h2-4H,5H2,1H3,(H,11,12). The molecule has 0 bridgehead atoms. The van der Waals surface area contributed by atoms with Crippen LogP contribution in [0.4, 0.5) is 4.39 Å². The third kappa shape index (κ3) is 2.62. The maximum Gasteiger partial charge on any atom is 0.341 e. The molecule has 0 saturated heterocycles. The Bertz CT molecular complexity index is 338. The van der Waals surface area contributed by atoms with Crippen LogP contribution in [0.25, 0.3) is 0 Å². The first-order valence-electron chi connectivity index (χ1n) is 3.81. The Morgan fingerprint density at radius 3 is 2.79 bits per heavy atom. The van der Waals surface area contributed by atoms with Crippen molar-refractivity contribution < 1.29 is 23.8 Å². The Hall–Kier alpha value is -1.78. The first kappa shape index (κ1) is 10.3. The number of carboxylic acids is 1. The molecule has 0 amide bonds. The number of hydrogen-bond acceptors (Lipinski definition) is 3. The van der Waals surface area contributed by atoms with Crippen LogP contribution in [0.1, 0.15) is 0 Å². The number of carbonyl (C=O) groups is 1. The number of halogens is 1. The molecule has 4 nitrogen and oxygen atoms in total. The van der Waals surface area contributed by atoms with E-state index < -0.39 is 18.4 Å². The van der Waals surface area contributed by atoms with Crippen molar-refractivity contribution in [2.45, 2.75) is 0 Å². The number of hydrogen-bond donors (Lipinski definition) is 1. The third-order valence-electron chi connectivity index (χ3n) is 1.48. The van der Waals surface area contributed by atoms with Crippen LogP contribution in [0.2, 0.25) is 0 Å². The van der Waals surface area contributed by atoms with Gasteiger partial charge in [0.15, 0.2) is 18.1 Å². The van der Waals surface area contributed by atoms with Gasteiger partial charge in [-0.1, -0.05) is 0 Å². The summed E-state index contributed by atoms with van der Waals surface area (Å²) < 4.78 is 22.4. The van der Waals surface area contributed by atoms with E-state index in [1.165, 1.54) is 19.2 Å². The maximum atomic E-state index is 12.7. The van der Waals surface area contributed by atoms with E-state index >= 15 is 0 Å². The number of rotatable bonds is 4. The molecule has 0 saturated carbocycles. The van der Waals surface area contributed by atoms with E-state index in [2.05, 4.69) is 0 Å². The molecule has 0 aliphatic rings. The summed E-state index contributed by atoms with van der Waals surface area (Å²) in [6.45, 7) is -0.528. The van der Waals surface area contributed by atoms with Gasteiger partial charge in [0.25, 0.3) is 0 Å². The van der Waals surface area contributed by atoms with Crippen molar-refractivity contribution in [2.24, 2.45) is 0 Å². The van der Waals surface area contributed by atoms with Crippen LogP contribution in [0.15, 0.2) is 18.2 Å². The molecule has 0 unspecified atom stereocenters. The molecule has 1 aromatic carbocycles. The third-order valence-corrected chi connectivity index (χ3v) is 1.48. The van der Waals surface area contributed by atoms with Gasteiger partial charge in [0.2, 0.25) is 0 Å². The lowest BCUT2D eigenvalue weighted by atomic mass is 10.3. The average Bonchev–Trinajstić information content (AvgIpc) is 2.15. The van der Waals surface area contributed by atoms with Crippen LogP contribution < -0.4 is 9.47 Å². The number of aliphatic carboxylic acids is 1. The van der Waals surface area contributed by atoms with Crippen molar-refractivity contribution in [3.63, 3.8) is 0 Å². The van der Waals surface area contributed by atoms with Gasteiger partial charge in [-0.2, -0.15) is 0 Å². The second-order valence-corrected chi connectivity index (χ2v) is 2.48. The van der Waals surface area contributed by atoms with E-state index in [9.17, 15) is 9.18 Å². The molecular weight excluding hydrogens is 191 g/mol. The molecule has 0 radical (unpaired) electrons. The second-order valence-electron chi connectivity index (χ2n) is 2.48. The van der Waals surface area contributed by atoms with Crippen LogP contribution in [0.3, 0.4) is 0 Å². The molecular formula is C9H9FO4. The summed E-state index contributed by atoms with van der Waals surface area (Å²) in [6, 6.07) is 3.64. The summed E-state index contributed by atoms with van der Waals surface area (Å²) in [5.74, 6) is -1.26. The zero-order valence-electron chi connectivity index (χ0n) is 7.49. The predicted molar refractivity (Wildman–Crippen MR) is 46.1 cm³/mol. The first-order chi connectivity index (χ1) is 6.63. The Morgan fingerprint density at radius 2 is 2.21 bits per heavy atom. The molecule has 1 rings (SSSR count). The molecule has 0 aliphatic carbocycles. The largest absolute Gasteiger partial charge is 0.493 e. The van der Waals surface area contributed by atoms with E-state index in [0.29, 0.717) is 5.75 Å². The Labute approximate surface area is 79.9 Å².